The molecule has 0 spiro atoms. The van der Waals surface area contributed by atoms with Crippen LogP contribution in [0.1, 0.15) is 36.9 Å². The van der Waals surface area contributed by atoms with Gasteiger partial charge < -0.3 is 10.1 Å². The maximum Gasteiger partial charge on any atom is 0.258 e. The summed E-state index contributed by atoms with van der Waals surface area (Å²) in [6.45, 7) is 6.88. The molecule has 1 saturated heterocycles. The van der Waals surface area contributed by atoms with Crippen LogP contribution in [0.25, 0.3) is 0 Å². The van der Waals surface area contributed by atoms with Gasteiger partial charge in [0.05, 0.1) is 7.11 Å². The van der Waals surface area contributed by atoms with E-state index in [9.17, 15) is 8.78 Å². The van der Waals surface area contributed by atoms with E-state index in [1.807, 2.05) is 23.1 Å². The van der Waals surface area contributed by atoms with Crippen molar-refractivity contribution in [2.75, 3.05) is 33.3 Å². The van der Waals surface area contributed by atoms with Gasteiger partial charge in [-0.2, -0.15) is 0 Å². The third-order valence-corrected chi connectivity index (χ3v) is 4.02. The second-order valence-corrected chi connectivity index (χ2v) is 5.72. The van der Waals surface area contributed by atoms with Crippen LogP contribution in [-0.2, 0) is 0 Å². The van der Waals surface area contributed by atoms with Gasteiger partial charge in [0.15, 0.2) is 0 Å². The Morgan fingerprint density at radius 1 is 1.19 bits per heavy atom. The SMILES string of the molecule is COc1ccc(C(C)C)cc1[C@@H](C(F)F)N1CCNCC1. The van der Waals surface area contributed by atoms with Crippen LogP contribution in [0, 0.1) is 0 Å². The molecular weight excluding hydrogens is 274 g/mol. The Morgan fingerprint density at radius 2 is 1.86 bits per heavy atom. The van der Waals surface area contributed by atoms with Gasteiger partial charge in [0.25, 0.3) is 6.43 Å². The van der Waals surface area contributed by atoms with Gasteiger partial charge in [-0.1, -0.05) is 26.0 Å². The maximum absolute atomic E-state index is 13.7. The number of hydrogen-bond donors (Lipinski definition) is 1. The third-order valence-electron chi connectivity index (χ3n) is 4.02. The lowest BCUT2D eigenvalue weighted by Gasteiger charge is -2.35. The van der Waals surface area contributed by atoms with Crippen molar-refractivity contribution < 1.29 is 13.5 Å². The molecule has 2 rings (SSSR count). The van der Waals surface area contributed by atoms with E-state index in [1.165, 1.54) is 7.11 Å². The summed E-state index contributed by atoms with van der Waals surface area (Å²) in [7, 11) is 1.54. The summed E-state index contributed by atoms with van der Waals surface area (Å²) in [6, 6.07) is 4.73. The Bertz CT molecular complexity index is 460. The molecule has 1 aromatic carbocycles. The van der Waals surface area contributed by atoms with E-state index in [4.69, 9.17) is 4.74 Å². The molecular formula is C16H24F2N2O. The highest BCUT2D eigenvalue weighted by atomic mass is 19.3. The first-order chi connectivity index (χ1) is 10.0. The average molecular weight is 298 g/mol. The molecule has 0 saturated carbocycles. The normalized spacial score (nSPS) is 18.2. The fourth-order valence-corrected chi connectivity index (χ4v) is 2.80. The average Bonchev–Trinajstić information content (AvgIpc) is 2.48. The van der Waals surface area contributed by atoms with Gasteiger partial charge in [-0.3, -0.25) is 4.90 Å². The van der Waals surface area contributed by atoms with Gasteiger partial charge in [-0.05, 0) is 17.5 Å². The lowest BCUT2D eigenvalue weighted by atomic mass is 9.96. The van der Waals surface area contributed by atoms with Crippen LogP contribution in [0.3, 0.4) is 0 Å². The summed E-state index contributed by atoms with van der Waals surface area (Å²) in [5, 5.41) is 3.20. The van der Waals surface area contributed by atoms with E-state index in [0.717, 1.165) is 18.7 Å². The van der Waals surface area contributed by atoms with Crippen molar-refractivity contribution in [3.8, 4) is 5.75 Å². The molecule has 1 aromatic rings. The molecule has 1 aliphatic heterocycles. The van der Waals surface area contributed by atoms with Crippen molar-refractivity contribution in [3.63, 3.8) is 0 Å². The highest BCUT2D eigenvalue weighted by Gasteiger charge is 2.32. The van der Waals surface area contributed by atoms with Gasteiger partial charge >= 0.3 is 0 Å². The summed E-state index contributed by atoms with van der Waals surface area (Å²) in [5.41, 5.74) is 1.66. The van der Waals surface area contributed by atoms with E-state index in [0.29, 0.717) is 30.3 Å². The molecule has 1 aliphatic rings. The second kappa shape index (κ2) is 7.18. The number of benzene rings is 1. The second-order valence-electron chi connectivity index (χ2n) is 5.72. The molecule has 1 atom stereocenters. The Kier molecular flexibility index (Phi) is 5.53. The Morgan fingerprint density at radius 3 is 2.38 bits per heavy atom. The van der Waals surface area contributed by atoms with Gasteiger partial charge in [0.2, 0.25) is 0 Å². The van der Waals surface area contributed by atoms with Crippen molar-refractivity contribution >= 4 is 0 Å². The van der Waals surface area contributed by atoms with E-state index >= 15 is 0 Å². The van der Waals surface area contributed by atoms with E-state index in [1.54, 1.807) is 0 Å². The van der Waals surface area contributed by atoms with Crippen LogP contribution in [-0.4, -0.2) is 44.6 Å². The largest absolute Gasteiger partial charge is 0.496 e. The molecule has 118 valence electrons. The van der Waals surface area contributed by atoms with E-state index < -0.39 is 12.5 Å². The minimum atomic E-state index is -2.43. The Labute approximate surface area is 125 Å². The first kappa shape index (κ1) is 16.2. The van der Waals surface area contributed by atoms with E-state index in [-0.39, 0.29) is 0 Å². The number of hydrogen-bond acceptors (Lipinski definition) is 3. The predicted octanol–water partition coefficient (Wildman–Crippen LogP) is 3.03. The minimum absolute atomic E-state index is 0.302. The molecule has 0 unspecified atom stereocenters. The zero-order valence-corrected chi connectivity index (χ0v) is 12.9. The molecule has 0 radical (unpaired) electrons. The molecule has 1 fully saturated rings. The molecule has 0 aliphatic carbocycles. The number of nitrogens with zero attached hydrogens (tertiary/aromatic N) is 1. The number of rotatable bonds is 5. The van der Waals surface area contributed by atoms with Crippen LogP contribution in [0.2, 0.25) is 0 Å². The molecule has 0 amide bonds. The van der Waals surface area contributed by atoms with Crippen molar-refractivity contribution in [2.45, 2.75) is 32.2 Å². The van der Waals surface area contributed by atoms with Crippen molar-refractivity contribution in [1.29, 1.82) is 0 Å². The number of ether oxygens (including phenoxy) is 1. The first-order valence-corrected chi connectivity index (χ1v) is 7.45. The van der Waals surface area contributed by atoms with Crippen LogP contribution >= 0.6 is 0 Å². The standard InChI is InChI=1S/C16H24F2N2O/c1-11(2)12-4-5-14(21-3)13(10-12)15(16(17)18)20-8-6-19-7-9-20/h4-5,10-11,15-16,19H,6-9H2,1-3H3/t15-/m0/s1. The Hall–Kier alpha value is -1.20. The highest BCUT2D eigenvalue weighted by molar-refractivity contribution is 5.41. The fourth-order valence-electron chi connectivity index (χ4n) is 2.80. The zero-order valence-electron chi connectivity index (χ0n) is 12.9. The van der Waals surface area contributed by atoms with Crippen LogP contribution in [0.15, 0.2) is 18.2 Å². The summed E-state index contributed by atoms with van der Waals surface area (Å²) in [6.07, 6.45) is -2.43. The van der Waals surface area contributed by atoms with Gasteiger partial charge in [0, 0.05) is 31.7 Å². The number of methoxy groups -OCH3 is 1. The molecule has 0 bridgehead atoms. The van der Waals surface area contributed by atoms with E-state index in [2.05, 4.69) is 19.2 Å². The van der Waals surface area contributed by atoms with Crippen molar-refractivity contribution in [1.82, 2.24) is 10.2 Å². The number of alkyl halides is 2. The summed E-state index contributed by atoms with van der Waals surface area (Å²) >= 11 is 0. The maximum atomic E-state index is 13.7. The molecule has 21 heavy (non-hydrogen) atoms. The predicted molar refractivity (Wildman–Crippen MR) is 80.3 cm³/mol. The lowest BCUT2D eigenvalue weighted by Crippen LogP contribution is -2.47. The summed E-state index contributed by atoms with van der Waals surface area (Å²) < 4.78 is 32.7. The van der Waals surface area contributed by atoms with Gasteiger partial charge in [-0.25, -0.2) is 8.78 Å². The molecule has 3 nitrogen and oxygen atoms in total. The summed E-state index contributed by atoms with van der Waals surface area (Å²) in [4.78, 5) is 1.85. The molecule has 5 heteroatoms. The zero-order chi connectivity index (χ0) is 15.4. The number of nitrogens with one attached hydrogen (secondary N) is 1. The fraction of sp³-hybridized carbons (Fsp3) is 0.625. The van der Waals surface area contributed by atoms with Gasteiger partial charge in [-0.15, -0.1) is 0 Å². The van der Waals surface area contributed by atoms with Crippen LogP contribution in [0.4, 0.5) is 8.78 Å². The molecule has 1 N–H and O–H groups in total. The lowest BCUT2D eigenvalue weighted by molar-refractivity contribution is 0.0170. The number of piperazine rings is 1. The highest BCUT2D eigenvalue weighted by Crippen LogP contribution is 2.36. The van der Waals surface area contributed by atoms with Crippen molar-refractivity contribution in [3.05, 3.63) is 29.3 Å². The quantitative estimate of drug-likeness (QED) is 0.904. The summed E-state index contributed by atoms with van der Waals surface area (Å²) in [5.74, 6) is 0.847. The van der Waals surface area contributed by atoms with Crippen LogP contribution in [0.5, 0.6) is 5.75 Å². The third kappa shape index (κ3) is 3.71. The smallest absolute Gasteiger partial charge is 0.258 e. The first-order valence-electron chi connectivity index (χ1n) is 7.45. The topological polar surface area (TPSA) is 24.5 Å². The molecule has 1 heterocycles. The van der Waals surface area contributed by atoms with Gasteiger partial charge in [0.1, 0.15) is 11.8 Å². The monoisotopic (exact) mass is 298 g/mol. The minimum Gasteiger partial charge on any atom is -0.496 e. The van der Waals surface area contributed by atoms with Crippen LogP contribution < -0.4 is 10.1 Å². The van der Waals surface area contributed by atoms with Crippen molar-refractivity contribution in [2.24, 2.45) is 0 Å². The Balaban J connectivity index is 2.39. The molecule has 0 aromatic heterocycles. The number of halogens is 2.